The molecule has 0 aliphatic heterocycles. The molecular formula is C92H76Cl4NP4Ru. The first-order chi connectivity index (χ1) is 50.1. The van der Waals surface area contributed by atoms with E-state index in [0.29, 0.717) is 0 Å². The summed E-state index contributed by atoms with van der Waals surface area (Å²) >= 11 is 1.82. The van der Waals surface area contributed by atoms with Crippen LogP contribution in [0.1, 0.15) is 13.8 Å². The van der Waals surface area contributed by atoms with Gasteiger partial charge in [-0.25, -0.2) is 0 Å². The fourth-order valence-electron chi connectivity index (χ4n) is 13.5. The Balaban J connectivity index is 0.000000182. The van der Waals surface area contributed by atoms with Crippen molar-refractivity contribution in [2.24, 2.45) is 0 Å². The molecule has 0 atom stereocenters. The number of benzene rings is 16. The zero-order valence-corrected chi connectivity index (χ0v) is 64.9. The van der Waals surface area contributed by atoms with Crippen molar-refractivity contribution in [1.82, 2.24) is 0 Å². The number of halogens is 4. The van der Waals surface area contributed by atoms with Crippen molar-refractivity contribution < 1.29 is 35.0 Å². The van der Waals surface area contributed by atoms with Crippen molar-refractivity contribution in [3.05, 3.63) is 388 Å². The van der Waals surface area contributed by atoms with E-state index in [-0.39, 0.29) is 12.4 Å². The Morgan fingerprint density at radius 3 is 0.510 bits per heavy atom. The number of rotatable bonds is 16. The monoisotopic (exact) mass is 1560 g/mol. The van der Waals surface area contributed by atoms with Crippen molar-refractivity contribution in [3.63, 3.8) is 0 Å². The van der Waals surface area contributed by atoms with Gasteiger partial charge in [0, 0.05) is 21.7 Å². The van der Waals surface area contributed by atoms with Crippen LogP contribution in [0.4, 0.5) is 0 Å². The normalized spacial score (nSPS) is 10.8. The maximum atomic E-state index is 4.57. The van der Waals surface area contributed by atoms with Crippen LogP contribution in [0.25, 0.3) is 65.3 Å². The van der Waals surface area contributed by atoms with Gasteiger partial charge >= 0.3 is 27.0 Å². The van der Waals surface area contributed by atoms with Crippen LogP contribution in [-0.2, 0) is 17.3 Å². The topological polar surface area (TPSA) is 16.6 Å². The van der Waals surface area contributed by atoms with E-state index >= 15 is 0 Å². The van der Waals surface area contributed by atoms with Crippen LogP contribution < -0.4 is 81.4 Å². The van der Waals surface area contributed by atoms with E-state index in [4.69, 9.17) is 0 Å². The Morgan fingerprint density at radius 1 is 0.216 bits per heavy atom. The fourth-order valence-corrected chi connectivity index (χ4v) is 23.3. The Hall–Kier alpha value is -7.98. The average Bonchev–Trinajstić information content (AvgIpc) is 0.739. The summed E-state index contributed by atoms with van der Waals surface area (Å²) in [5, 5.41) is 28.9. The Labute approximate surface area is 636 Å². The summed E-state index contributed by atoms with van der Waals surface area (Å²) in [6.07, 6.45) is 0. The minimum Gasteiger partial charge on any atom is -0.0622 e. The quantitative estimate of drug-likeness (QED) is 0.0733. The summed E-state index contributed by atoms with van der Waals surface area (Å²) in [6.45, 7) is 6.75. The summed E-state index contributed by atoms with van der Waals surface area (Å²) in [4.78, 5) is 0. The second-order valence-electron chi connectivity index (χ2n) is 23.9. The van der Waals surface area contributed by atoms with E-state index in [1.165, 1.54) is 142 Å². The van der Waals surface area contributed by atoms with Gasteiger partial charge in [0.05, 0.1) is 13.1 Å². The largest absolute Gasteiger partial charge is 0.0622 e. The van der Waals surface area contributed by atoms with Gasteiger partial charge in [0.25, 0.3) is 0 Å². The van der Waals surface area contributed by atoms with Crippen LogP contribution in [0.15, 0.2) is 388 Å². The molecule has 102 heavy (non-hydrogen) atoms. The zero-order chi connectivity index (χ0) is 69.5. The molecule has 0 spiro atoms. The van der Waals surface area contributed by atoms with E-state index in [1.807, 2.05) is 17.3 Å². The first kappa shape index (κ1) is 75.2. The summed E-state index contributed by atoms with van der Waals surface area (Å²) in [5.74, 6) is 0. The molecule has 0 fully saturated rings. The molecular weight excluding hydrogens is 1490 g/mol. The van der Waals surface area contributed by atoms with Gasteiger partial charge in [-0.3, -0.25) is 0 Å². The van der Waals surface area contributed by atoms with Gasteiger partial charge in [-0.1, -0.05) is 388 Å². The van der Waals surface area contributed by atoms with Crippen LogP contribution in [0.3, 0.4) is 0 Å². The van der Waals surface area contributed by atoms with Gasteiger partial charge in [-0.2, -0.15) is 0 Å². The molecule has 1 nitrogen and oxygen atoms in total. The van der Waals surface area contributed by atoms with E-state index in [9.17, 15) is 0 Å². The maximum Gasteiger partial charge on any atom is -0.000884 e. The van der Waals surface area contributed by atoms with Crippen LogP contribution in [0.5, 0.6) is 0 Å². The molecule has 0 heterocycles. The molecule has 16 aromatic rings. The zero-order valence-electron chi connectivity index (χ0n) is 56.6. The molecule has 16 rings (SSSR count). The predicted octanol–water partition coefficient (Wildman–Crippen LogP) is 17.0. The second kappa shape index (κ2) is 38.5. The standard InChI is InChI=1S/2C44H32P2.C4H11N.Cl2.2ClH.Ru/c2*1-5-19-35(20-6-1)45(36-21-7-2-8-22-36)41-31-29-33-17-13-15-27-39(33)43(41)44-40-28-16-14-18-34(40)30-32-42(44)46(37-23-9-3-10-24-37)38-25-11-4-12-26-38;1-3-5-4-2;1-2;;;/h2*1-32H;5H,3-4H2,1-2H3;;2*1H;/q;;;;;;+1/p-1. The average molecular weight is 1560 g/mol. The van der Waals surface area contributed by atoms with E-state index in [2.05, 4.69) is 439 Å². The van der Waals surface area contributed by atoms with Gasteiger partial charge in [-0.15, -0.1) is 0 Å². The van der Waals surface area contributed by atoms with Gasteiger partial charge in [0.2, 0.25) is 0 Å². The third-order valence-corrected chi connectivity index (χ3v) is 27.7. The van der Waals surface area contributed by atoms with Crippen LogP contribution in [0.2, 0.25) is 0 Å². The molecule has 0 aromatic heterocycles. The molecule has 16 aromatic carbocycles. The second-order valence-corrected chi connectivity index (χ2v) is 32.6. The number of hydrogen-bond acceptors (Lipinski definition) is 0. The predicted molar refractivity (Wildman–Crippen MR) is 449 cm³/mol. The van der Waals surface area contributed by atoms with E-state index in [0.717, 1.165) is 0 Å². The Morgan fingerprint density at radius 2 is 0.363 bits per heavy atom. The van der Waals surface area contributed by atoms with E-state index < -0.39 is 31.7 Å². The van der Waals surface area contributed by atoms with Crippen molar-refractivity contribution in [2.45, 2.75) is 13.8 Å². The molecule has 0 bridgehead atoms. The third kappa shape index (κ3) is 17.3. The SMILES string of the molecule is CC[NH2+]CC.ClCl.[Cl-].[Cl][Ru].c1ccc(P(c2ccccc2)c2ccc3ccccc3c2-c2c(P(c3ccccc3)c3ccccc3)ccc3ccccc23)cc1.c1ccc(P(c2ccccc2)c2ccc3ccccc3c2-c2c(P(c3ccccc3)c3ccccc3)ccc3ccccc23)cc1. The molecule has 0 amide bonds. The molecule has 505 valence electrons. The first-order valence-electron chi connectivity index (χ1n) is 33.9. The molecule has 0 aliphatic carbocycles. The summed E-state index contributed by atoms with van der Waals surface area (Å²) in [6, 6.07) is 144. The Kier molecular flexibility index (Phi) is 28.4. The maximum absolute atomic E-state index is 4.57. The number of quaternary nitrogens is 1. The molecule has 0 aliphatic rings. The van der Waals surface area contributed by atoms with Crippen molar-refractivity contribution in [3.8, 4) is 22.3 Å². The van der Waals surface area contributed by atoms with Gasteiger partial charge < -0.3 is 17.7 Å². The van der Waals surface area contributed by atoms with Crippen molar-refractivity contribution >= 4 is 170 Å². The third-order valence-electron chi connectivity index (χ3n) is 17.8. The number of nitrogens with two attached hydrogens (primary N) is 1. The molecule has 0 saturated carbocycles. The molecule has 10 heteroatoms. The summed E-state index contributed by atoms with van der Waals surface area (Å²) < 4.78 is 0. The molecule has 0 saturated heterocycles. The number of fused-ring (bicyclic) bond motifs is 4. The smallest absolute Gasteiger partial charge is 0.000884 e. The van der Waals surface area contributed by atoms with Gasteiger partial charge in [0.1, 0.15) is 0 Å². The van der Waals surface area contributed by atoms with Crippen LogP contribution in [-0.4, -0.2) is 13.1 Å². The van der Waals surface area contributed by atoms with Crippen LogP contribution in [0, 0.1) is 0 Å². The van der Waals surface area contributed by atoms with Gasteiger partial charge in [0.15, 0.2) is 0 Å². The van der Waals surface area contributed by atoms with Gasteiger partial charge in [-0.05, 0) is 175 Å². The Bertz CT molecular complexity index is 4430. The van der Waals surface area contributed by atoms with Crippen molar-refractivity contribution in [1.29, 1.82) is 0 Å². The van der Waals surface area contributed by atoms with E-state index in [1.54, 1.807) is 0 Å². The first-order valence-corrected chi connectivity index (χ1v) is 42.7. The minimum atomic E-state index is -0.852. The molecule has 0 radical (unpaired) electrons. The van der Waals surface area contributed by atoms with Crippen molar-refractivity contribution in [2.75, 3.05) is 13.1 Å². The molecule has 2 N–H and O–H groups in total. The summed E-state index contributed by atoms with van der Waals surface area (Å²) in [5.41, 5.74) is 5.40. The van der Waals surface area contributed by atoms with Crippen LogP contribution >= 0.6 is 63.1 Å². The molecule has 0 unspecified atom stereocenters. The summed E-state index contributed by atoms with van der Waals surface area (Å²) in [7, 11) is 9.38. The number of hydrogen-bond donors (Lipinski definition) is 1. The minimum absolute atomic E-state index is 0. The fraction of sp³-hybridized carbons (Fsp3) is 0.0435.